The predicted octanol–water partition coefficient (Wildman–Crippen LogP) is 3.06. The van der Waals surface area contributed by atoms with Crippen LogP contribution in [0.25, 0.3) is 0 Å². The molecule has 2 N–H and O–H groups in total. The second-order valence-corrected chi connectivity index (χ2v) is 6.55. The number of hydrogen-bond acceptors (Lipinski definition) is 4. The first-order valence-corrected chi connectivity index (χ1v) is 9.72. The number of aliphatic imine (C=N–C) groups is 1. The highest BCUT2D eigenvalue weighted by molar-refractivity contribution is 14.0. The fraction of sp³-hybridized carbons (Fsp3) is 0.650. The number of guanidine groups is 1. The Kier molecular flexibility index (Phi) is 13.3. The summed E-state index contributed by atoms with van der Waals surface area (Å²) in [5.74, 6) is 1.61. The van der Waals surface area contributed by atoms with E-state index in [4.69, 9.17) is 14.5 Å². The van der Waals surface area contributed by atoms with Crippen LogP contribution in [0.1, 0.15) is 19.8 Å². The van der Waals surface area contributed by atoms with E-state index in [1.54, 1.807) is 7.11 Å². The van der Waals surface area contributed by atoms with E-state index in [1.165, 1.54) is 5.69 Å². The van der Waals surface area contributed by atoms with Gasteiger partial charge in [-0.2, -0.15) is 0 Å². The van der Waals surface area contributed by atoms with E-state index in [9.17, 15) is 0 Å². The molecule has 0 radical (unpaired) electrons. The van der Waals surface area contributed by atoms with Gasteiger partial charge in [-0.3, -0.25) is 4.99 Å². The fourth-order valence-electron chi connectivity index (χ4n) is 3.03. The van der Waals surface area contributed by atoms with Crippen molar-refractivity contribution in [1.29, 1.82) is 0 Å². The third-order valence-electron chi connectivity index (χ3n) is 4.40. The SMILES string of the molecule is CCNC(=NCCCNc1ccccc1)N1CCC(COCCOC)C1.I. The van der Waals surface area contributed by atoms with Crippen LogP contribution in [-0.4, -0.2) is 70.5 Å². The van der Waals surface area contributed by atoms with Crippen molar-refractivity contribution in [2.45, 2.75) is 19.8 Å². The van der Waals surface area contributed by atoms with Crippen molar-refractivity contribution in [3.8, 4) is 0 Å². The monoisotopic (exact) mass is 490 g/mol. The summed E-state index contributed by atoms with van der Waals surface area (Å²) in [6.45, 7) is 8.98. The van der Waals surface area contributed by atoms with Crippen LogP contribution in [0.2, 0.25) is 0 Å². The molecule has 1 atom stereocenters. The van der Waals surface area contributed by atoms with E-state index in [2.05, 4.69) is 34.6 Å². The van der Waals surface area contributed by atoms with Gasteiger partial charge in [0.05, 0.1) is 19.8 Å². The molecule has 6 nitrogen and oxygen atoms in total. The third kappa shape index (κ3) is 9.62. The van der Waals surface area contributed by atoms with Gasteiger partial charge in [-0.05, 0) is 31.9 Å². The Morgan fingerprint density at radius 2 is 2.07 bits per heavy atom. The number of ether oxygens (including phenoxy) is 2. The van der Waals surface area contributed by atoms with Crippen molar-refractivity contribution in [2.24, 2.45) is 10.9 Å². The summed E-state index contributed by atoms with van der Waals surface area (Å²) in [5.41, 5.74) is 1.17. The van der Waals surface area contributed by atoms with E-state index < -0.39 is 0 Å². The average molecular weight is 490 g/mol. The van der Waals surface area contributed by atoms with Crippen LogP contribution in [0.4, 0.5) is 5.69 Å². The molecule has 0 amide bonds. The van der Waals surface area contributed by atoms with E-state index in [-0.39, 0.29) is 24.0 Å². The Bertz CT molecular complexity index is 516. The summed E-state index contributed by atoms with van der Waals surface area (Å²) >= 11 is 0. The molecule has 27 heavy (non-hydrogen) atoms. The van der Waals surface area contributed by atoms with E-state index >= 15 is 0 Å². The van der Waals surface area contributed by atoms with Gasteiger partial charge in [0.1, 0.15) is 0 Å². The first-order chi connectivity index (χ1) is 12.8. The Hall–Kier alpha value is -1.06. The standard InChI is InChI=1S/C20H34N4O2.HI/c1-3-21-20(23-12-7-11-22-19-8-5-4-6-9-19)24-13-10-18(16-24)17-26-15-14-25-2;/h4-6,8-9,18,22H,3,7,10-17H2,1-2H3,(H,21,23);1H. The van der Waals surface area contributed by atoms with Gasteiger partial charge >= 0.3 is 0 Å². The van der Waals surface area contributed by atoms with Gasteiger partial charge in [0.25, 0.3) is 0 Å². The lowest BCUT2D eigenvalue weighted by Crippen LogP contribution is -2.40. The van der Waals surface area contributed by atoms with Crippen LogP contribution >= 0.6 is 24.0 Å². The van der Waals surface area contributed by atoms with E-state index in [0.717, 1.165) is 58.1 Å². The number of likely N-dealkylation sites (tertiary alicyclic amines) is 1. The highest BCUT2D eigenvalue weighted by atomic mass is 127. The lowest BCUT2D eigenvalue weighted by molar-refractivity contribution is 0.0536. The summed E-state index contributed by atoms with van der Waals surface area (Å²) in [7, 11) is 1.70. The quantitative estimate of drug-likeness (QED) is 0.216. The minimum atomic E-state index is 0. The van der Waals surface area contributed by atoms with Crippen LogP contribution in [-0.2, 0) is 9.47 Å². The maximum atomic E-state index is 5.68. The number of hydrogen-bond donors (Lipinski definition) is 2. The molecule has 1 fully saturated rings. The Balaban J connectivity index is 0.00000364. The number of nitrogens with zero attached hydrogens (tertiary/aromatic N) is 2. The molecule has 1 aromatic rings. The van der Waals surface area contributed by atoms with Gasteiger partial charge in [0.2, 0.25) is 0 Å². The van der Waals surface area contributed by atoms with Gasteiger partial charge in [0, 0.05) is 51.4 Å². The maximum absolute atomic E-state index is 5.68. The van der Waals surface area contributed by atoms with Crippen LogP contribution in [0.5, 0.6) is 0 Å². The largest absolute Gasteiger partial charge is 0.385 e. The average Bonchev–Trinajstić information content (AvgIpc) is 3.14. The summed E-state index contributed by atoms with van der Waals surface area (Å²) in [4.78, 5) is 7.16. The molecule has 0 spiro atoms. The molecule has 154 valence electrons. The number of nitrogens with one attached hydrogen (secondary N) is 2. The number of halogens is 1. The van der Waals surface area contributed by atoms with Crippen molar-refractivity contribution in [3.05, 3.63) is 30.3 Å². The zero-order chi connectivity index (χ0) is 18.5. The zero-order valence-electron chi connectivity index (χ0n) is 16.7. The highest BCUT2D eigenvalue weighted by Gasteiger charge is 2.24. The normalized spacial score (nSPS) is 16.9. The second-order valence-electron chi connectivity index (χ2n) is 6.55. The summed E-state index contributed by atoms with van der Waals surface area (Å²) in [6.07, 6.45) is 2.17. The smallest absolute Gasteiger partial charge is 0.193 e. The third-order valence-corrected chi connectivity index (χ3v) is 4.40. The molecule has 0 bridgehead atoms. The minimum absolute atomic E-state index is 0. The number of anilines is 1. The van der Waals surface area contributed by atoms with Crippen molar-refractivity contribution < 1.29 is 9.47 Å². The molecule has 1 saturated heterocycles. The van der Waals surface area contributed by atoms with Crippen molar-refractivity contribution in [3.63, 3.8) is 0 Å². The van der Waals surface area contributed by atoms with Gasteiger partial charge in [0.15, 0.2) is 5.96 Å². The Morgan fingerprint density at radius 3 is 2.81 bits per heavy atom. The molecule has 7 heteroatoms. The summed E-state index contributed by atoms with van der Waals surface area (Å²) in [6, 6.07) is 10.3. The first kappa shape index (κ1) is 24.0. The second kappa shape index (κ2) is 14.9. The molecular weight excluding hydrogens is 455 g/mol. The molecule has 0 aliphatic carbocycles. The lowest BCUT2D eigenvalue weighted by atomic mass is 10.1. The summed E-state index contributed by atoms with van der Waals surface area (Å²) < 4.78 is 10.7. The molecule has 0 aromatic heterocycles. The topological polar surface area (TPSA) is 58.1 Å². The molecular formula is C20H35IN4O2. The van der Waals surface area contributed by atoms with Crippen LogP contribution < -0.4 is 10.6 Å². The fourth-order valence-corrected chi connectivity index (χ4v) is 3.03. The summed E-state index contributed by atoms with van der Waals surface area (Å²) in [5, 5.41) is 6.86. The maximum Gasteiger partial charge on any atom is 0.193 e. The molecule has 1 aliphatic heterocycles. The Labute approximate surface area is 181 Å². The van der Waals surface area contributed by atoms with Gasteiger partial charge < -0.3 is 25.0 Å². The number of para-hydroxylation sites is 1. The molecule has 2 rings (SSSR count). The molecule has 1 heterocycles. The van der Waals surface area contributed by atoms with Crippen molar-refractivity contribution >= 4 is 35.6 Å². The van der Waals surface area contributed by atoms with Gasteiger partial charge in [-0.25, -0.2) is 0 Å². The van der Waals surface area contributed by atoms with Crippen LogP contribution in [0.15, 0.2) is 35.3 Å². The lowest BCUT2D eigenvalue weighted by Gasteiger charge is -2.21. The molecule has 1 aliphatic rings. The van der Waals surface area contributed by atoms with Gasteiger partial charge in [-0.1, -0.05) is 18.2 Å². The van der Waals surface area contributed by atoms with Crippen LogP contribution in [0, 0.1) is 5.92 Å². The molecule has 1 aromatic carbocycles. The Morgan fingerprint density at radius 1 is 1.26 bits per heavy atom. The van der Waals surface area contributed by atoms with E-state index in [1.807, 2.05) is 18.2 Å². The van der Waals surface area contributed by atoms with Crippen molar-refractivity contribution in [2.75, 3.05) is 65.0 Å². The predicted molar refractivity (Wildman–Crippen MR) is 123 cm³/mol. The number of methoxy groups -OCH3 is 1. The highest BCUT2D eigenvalue weighted by Crippen LogP contribution is 2.16. The molecule has 0 saturated carbocycles. The van der Waals surface area contributed by atoms with Crippen LogP contribution in [0.3, 0.4) is 0 Å². The molecule has 1 unspecified atom stereocenters. The first-order valence-electron chi connectivity index (χ1n) is 9.72. The van der Waals surface area contributed by atoms with Crippen molar-refractivity contribution in [1.82, 2.24) is 10.2 Å². The van der Waals surface area contributed by atoms with Gasteiger partial charge in [-0.15, -0.1) is 24.0 Å². The minimum Gasteiger partial charge on any atom is -0.385 e. The van der Waals surface area contributed by atoms with E-state index in [0.29, 0.717) is 19.1 Å². The number of rotatable bonds is 11. The zero-order valence-corrected chi connectivity index (χ0v) is 19.0. The number of benzene rings is 1.